The zero-order valence-electron chi connectivity index (χ0n) is 16.0. The summed E-state index contributed by atoms with van der Waals surface area (Å²) in [5.74, 6) is -1.75. The Bertz CT molecular complexity index is 367. The second-order valence-electron chi connectivity index (χ2n) is 6.63. The van der Waals surface area contributed by atoms with Crippen LogP contribution in [0.1, 0.15) is 90.4 Å². The molecule has 26 heavy (non-hydrogen) atoms. The molecule has 0 aromatic rings. The minimum Gasteiger partial charge on any atom is -0.547 e. The van der Waals surface area contributed by atoms with Crippen LogP contribution in [-0.4, -0.2) is 20.0 Å². The Morgan fingerprint density at radius 3 is 1.50 bits per heavy atom. The van der Waals surface area contributed by atoms with E-state index in [1.165, 1.54) is 57.8 Å². The maximum absolute atomic E-state index is 10.9. The van der Waals surface area contributed by atoms with Gasteiger partial charge in [-0.25, -0.2) is 0 Å². The molecule has 0 aliphatic rings. The second-order valence-corrected chi connectivity index (χ2v) is 9.87. The van der Waals surface area contributed by atoms with Crippen molar-refractivity contribution in [2.75, 3.05) is 0 Å². The Hall–Kier alpha value is 2.56. The van der Waals surface area contributed by atoms with Crippen LogP contribution in [0.4, 0.5) is 0 Å². The molecule has 2 nitrogen and oxygen atoms in total. The third-order valence-electron chi connectivity index (χ3n) is 4.38. The molecule has 0 aromatic heterocycles. The maximum atomic E-state index is 10.9. The molecule has 0 heterocycles. The van der Waals surface area contributed by atoms with E-state index in [9.17, 15) is 9.90 Å². The fraction of sp³-hybridized carbons (Fsp3) is 0.944. The number of unbranched alkanes of at least 4 members (excludes halogenated alkanes) is 11. The molecular weight excluding hydrogens is 465 g/mol. The molecule has 0 N–H and O–H groups in total. The molecule has 0 saturated heterocycles. The standard InChI is InChI=1S/C18H31Cl5O2.K/c1-2-3-4-5-6-7-8-9-10-11-12-13-14-15(19)17(20,21)18(22,23)16(24)25;/h15H,2-14H2,1H3,(H,24,25);/q;+1/p-1. The van der Waals surface area contributed by atoms with Crippen LogP contribution >= 0.6 is 58.0 Å². The number of halogens is 5. The molecule has 8 heteroatoms. The molecule has 0 amide bonds. The minimum absolute atomic E-state index is 0. The van der Waals surface area contributed by atoms with E-state index in [0.717, 1.165) is 19.3 Å². The van der Waals surface area contributed by atoms with Gasteiger partial charge in [-0.1, -0.05) is 130 Å². The van der Waals surface area contributed by atoms with E-state index in [-0.39, 0.29) is 51.4 Å². The first-order chi connectivity index (χ1) is 11.7. The number of hydrogen-bond acceptors (Lipinski definition) is 2. The Morgan fingerprint density at radius 2 is 1.15 bits per heavy atom. The quantitative estimate of drug-likeness (QED) is 0.186. The van der Waals surface area contributed by atoms with Crippen LogP contribution in [-0.2, 0) is 4.79 Å². The average molecular weight is 495 g/mol. The van der Waals surface area contributed by atoms with Crippen LogP contribution in [0, 0.1) is 0 Å². The van der Waals surface area contributed by atoms with Crippen molar-refractivity contribution >= 4 is 64.0 Å². The van der Waals surface area contributed by atoms with Crippen LogP contribution in [0.5, 0.6) is 0 Å². The van der Waals surface area contributed by atoms with Crippen molar-refractivity contribution in [1.29, 1.82) is 0 Å². The van der Waals surface area contributed by atoms with Gasteiger partial charge in [-0.3, -0.25) is 0 Å². The van der Waals surface area contributed by atoms with E-state index in [4.69, 9.17) is 58.0 Å². The fourth-order valence-electron chi connectivity index (χ4n) is 2.68. The van der Waals surface area contributed by atoms with Gasteiger partial charge in [0.05, 0.1) is 11.3 Å². The first-order valence-electron chi connectivity index (χ1n) is 9.29. The molecule has 0 rings (SSSR count). The van der Waals surface area contributed by atoms with E-state index < -0.39 is 20.0 Å². The van der Waals surface area contributed by atoms with Crippen LogP contribution in [0.25, 0.3) is 0 Å². The molecule has 0 saturated carbocycles. The molecule has 150 valence electrons. The van der Waals surface area contributed by atoms with Gasteiger partial charge in [0, 0.05) is 0 Å². The predicted molar refractivity (Wildman–Crippen MR) is 109 cm³/mol. The number of rotatable bonds is 16. The van der Waals surface area contributed by atoms with Crippen molar-refractivity contribution in [1.82, 2.24) is 0 Å². The van der Waals surface area contributed by atoms with Gasteiger partial charge in [0.1, 0.15) is 0 Å². The van der Waals surface area contributed by atoms with E-state index in [0.29, 0.717) is 6.42 Å². The molecule has 0 aliphatic heterocycles. The normalized spacial score (nSPS) is 13.3. The summed E-state index contributed by atoms with van der Waals surface area (Å²) in [6.07, 6.45) is 15.1. The zero-order valence-corrected chi connectivity index (χ0v) is 22.9. The topological polar surface area (TPSA) is 40.1 Å². The molecule has 0 aliphatic carbocycles. The van der Waals surface area contributed by atoms with Crippen molar-refractivity contribution in [3.05, 3.63) is 0 Å². The summed E-state index contributed by atoms with van der Waals surface area (Å²) in [5, 5.41) is 10.1. The molecule has 0 spiro atoms. The predicted octanol–water partition coefficient (Wildman–Crippen LogP) is 3.79. The molecular formula is C18H30Cl5KO2. The molecule has 0 fully saturated rings. The third kappa shape index (κ3) is 12.3. The number of carboxylic acids is 1. The van der Waals surface area contributed by atoms with Crippen molar-refractivity contribution < 1.29 is 61.3 Å². The molecule has 0 bridgehead atoms. The van der Waals surface area contributed by atoms with Gasteiger partial charge in [-0.2, -0.15) is 0 Å². The van der Waals surface area contributed by atoms with Crippen molar-refractivity contribution in [2.45, 2.75) is 104 Å². The van der Waals surface area contributed by atoms with Gasteiger partial charge in [0.15, 0.2) is 8.67 Å². The number of alkyl halides is 5. The first kappa shape index (κ1) is 30.7. The van der Waals surface area contributed by atoms with Crippen LogP contribution in [0.15, 0.2) is 0 Å². The van der Waals surface area contributed by atoms with Gasteiger partial charge in [-0.15, -0.1) is 11.6 Å². The molecule has 1 atom stereocenters. The molecule has 1 unspecified atom stereocenters. The van der Waals surface area contributed by atoms with Crippen LogP contribution < -0.4 is 56.5 Å². The molecule has 0 radical (unpaired) electrons. The van der Waals surface area contributed by atoms with E-state index in [1.54, 1.807) is 0 Å². The summed E-state index contributed by atoms with van der Waals surface area (Å²) < 4.78 is -4.45. The summed E-state index contributed by atoms with van der Waals surface area (Å²) in [5.41, 5.74) is 0. The van der Waals surface area contributed by atoms with Crippen LogP contribution in [0.2, 0.25) is 0 Å². The summed E-state index contributed by atoms with van der Waals surface area (Å²) in [7, 11) is 0. The van der Waals surface area contributed by atoms with E-state index in [1.807, 2.05) is 0 Å². The van der Waals surface area contributed by atoms with Crippen LogP contribution in [0.3, 0.4) is 0 Å². The number of carboxylic acid groups (broad SMARTS) is 1. The van der Waals surface area contributed by atoms with Gasteiger partial charge in [-0.05, 0) is 6.42 Å². The summed E-state index contributed by atoms with van der Waals surface area (Å²) in [6.45, 7) is 2.23. The number of carbonyl (C=O) groups excluding carboxylic acids is 1. The first-order valence-corrected chi connectivity index (χ1v) is 11.2. The zero-order chi connectivity index (χ0) is 19.3. The largest absolute Gasteiger partial charge is 1.00 e. The smallest absolute Gasteiger partial charge is 0.547 e. The van der Waals surface area contributed by atoms with E-state index in [2.05, 4.69) is 6.92 Å². The summed E-state index contributed by atoms with van der Waals surface area (Å²) >= 11 is 29.4. The SMILES string of the molecule is CCCCCCCCCCCCCCC(Cl)C(Cl)(Cl)C(Cl)(Cl)C(=O)[O-].[K+]. The Balaban J connectivity index is 0. The Labute approximate surface area is 226 Å². The number of hydrogen-bond donors (Lipinski definition) is 0. The minimum atomic E-state index is -2.44. The van der Waals surface area contributed by atoms with E-state index >= 15 is 0 Å². The third-order valence-corrected chi connectivity index (χ3v) is 7.53. The van der Waals surface area contributed by atoms with Crippen molar-refractivity contribution in [2.24, 2.45) is 0 Å². The Morgan fingerprint density at radius 1 is 0.808 bits per heavy atom. The monoisotopic (exact) mass is 492 g/mol. The summed E-state index contributed by atoms with van der Waals surface area (Å²) in [6, 6.07) is 0. The number of aliphatic carboxylic acids is 1. The van der Waals surface area contributed by atoms with Gasteiger partial charge in [0.25, 0.3) is 0 Å². The van der Waals surface area contributed by atoms with Gasteiger partial charge >= 0.3 is 51.4 Å². The summed E-state index contributed by atoms with van der Waals surface area (Å²) in [4.78, 5) is 10.9. The second kappa shape index (κ2) is 17.3. The number of carbonyl (C=O) groups is 1. The maximum Gasteiger partial charge on any atom is 1.00 e. The van der Waals surface area contributed by atoms with Crippen molar-refractivity contribution in [3.8, 4) is 0 Å². The van der Waals surface area contributed by atoms with Crippen molar-refractivity contribution in [3.63, 3.8) is 0 Å². The Kier molecular flexibility index (Phi) is 20.4. The fourth-order valence-corrected chi connectivity index (χ4v) is 3.74. The molecule has 0 aromatic carbocycles. The average Bonchev–Trinajstić information content (AvgIpc) is 2.55. The van der Waals surface area contributed by atoms with Gasteiger partial charge < -0.3 is 9.90 Å². The van der Waals surface area contributed by atoms with Gasteiger partial charge in [0.2, 0.25) is 0 Å².